The number of aromatic nitrogens is 4. The standard InChI is InChI=1S/C60H43N5/c1-40-38-56(41(2)37-48(40)59-62-57(42-21-7-3-8-22-42)61-58(63-59)43-23-9-4-10-24-43)65-54-33-19-16-30-50(54)60(44-25-11-5-12-26-44,51-31-17-20-34-55(51)65)45-35-36-53-49(39-45)47-29-15-18-32-52(47)64(53)46-27-13-6-14-28-46/h3-39H,1-2H3. The Morgan fingerprint density at radius 1 is 0.369 bits per heavy atom. The molecule has 12 rings (SSSR count). The second kappa shape index (κ2) is 15.4. The van der Waals surface area contributed by atoms with Crippen LogP contribution in [0.4, 0.5) is 17.1 Å². The van der Waals surface area contributed by atoms with E-state index in [1.807, 2.05) is 36.4 Å². The van der Waals surface area contributed by atoms with Crippen molar-refractivity contribution in [3.63, 3.8) is 0 Å². The summed E-state index contributed by atoms with van der Waals surface area (Å²) in [6.45, 7) is 4.37. The van der Waals surface area contributed by atoms with Gasteiger partial charge in [-0.2, -0.15) is 0 Å². The minimum atomic E-state index is -0.648. The van der Waals surface area contributed by atoms with Gasteiger partial charge < -0.3 is 9.47 Å². The van der Waals surface area contributed by atoms with Gasteiger partial charge in [-0.25, -0.2) is 15.0 Å². The molecular weight excluding hydrogens is 791 g/mol. The van der Waals surface area contributed by atoms with Crippen LogP contribution in [0.2, 0.25) is 0 Å². The molecular formula is C60H43N5. The van der Waals surface area contributed by atoms with E-state index in [0.29, 0.717) is 17.5 Å². The molecule has 1 aliphatic heterocycles. The summed E-state index contributed by atoms with van der Waals surface area (Å²) < 4.78 is 2.39. The fourth-order valence-electron chi connectivity index (χ4n) is 10.3. The number of para-hydroxylation sites is 4. The highest BCUT2D eigenvalue weighted by Crippen LogP contribution is 2.58. The quantitative estimate of drug-likeness (QED) is 0.160. The number of hydrogen-bond acceptors (Lipinski definition) is 4. The Morgan fingerprint density at radius 2 is 0.877 bits per heavy atom. The zero-order valence-corrected chi connectivity index (χ0v) is 36.1. The summed E-state index contributed by atoms with van der Waals surface area (Å²) >= 11 is 0. The first-order valence-electron chi connectivity index (χ1n) is 22.2. The fraction of sp³-hybridized carbons (Fsp3) is 0.0500. The first-order chi connectivity index (χ1) is 32.1. The van der Waals surface area contributed by atoms with Gasteiger partial charge in [0.2, 0.25) is 0 Å². The van der Waals surface area contributed by atoms with E-state index in [9.17, 15) is 0 Å². The Kier molecular flexibility index (Phi) is 9.09. The number of nitrogens with zero attached hydrogens (tertiary/aromatic N) is 5. The van der Waals surface area contributed by atoms with E-state index in [2.05, 4.69) is 211 Å². The van der Waals surface area contributed by atoms with Crippen LogP contribution < -0.4 is 4.90 Å². The number of rotatable bonds is 7. The van der Waals surface area contributed by atoms with Gasteiger partial charge in [-0.15, -0.1) is 0 Å². The van der Waals surface area contributed by atoms with Gasteiger partial charge in [0.15, 0.2) is 17.5 Å². The average Bonchev–Trinajstić information content (AvgIpc) is 3.71. The molecule has 0 unspecified atom stereocenters. The fourth-order valence-corrected chi connectivity index (χ4v) is 10.3. The number of benzene rings is 9. The Morgan fingerprint density at radius 3 is 1.51 bits per heavy atom. The predicted molar refractivity (Wildman–Crippen MR) is 266 cm³/mol. The molecule has 11 aromatic rings. The molecule has 0 saturated heterocycles. The molecule has 0 spiro atoms. The highest BCUT2D eigenvalue weighted by Gasteiger charge is 2.46. The maximum Gasteiger partial charge on any atom is 0.164 e. The molecule has 5 heteroatoms. The van der Waals surface area contributed by atoms with Gasteiger partial charge in [0, 0.05) is 38.8 Å². The van der Waals surface area contributed by atoms with E-state index in [1.54, 1.807) is 0 Å². The lowest BCUT2D eigenvalue weighted by atomic mass is 9.62. The lowest BCUT2D eigenvalue weighted by Crippen LogP contribution is -2.37. The summed E-state index contributed by atoms with van der Waals surface area (Å²) in [6.07, 6.45) is 0. The SMILES string of the molecule is Cc1cc(N2c3ccccc3C(c3ccccc3)(c3ccc4c(c3)c3ccccc3n4-c3ccccc3)c3ccccc32)c(C)cc1-c1nc(-c2ccccc2)nc(-c2ccccc2)n1. The topological polar surface area (TPSA) is 46.8 Å². The average molecular weight is 834 g/mol. The van der Waals surface area contributed by atoms with Crippen LogP contribution in [0.1, 0.15) is 33.4 Å². The van der Waals surface area contributed by atoms with Crippen molar-refractivity contribution in [2.24, 2.45) is 0 Å². The van der Waals surface area contributed by atoms with Crippen molar-refractivity contribution < 1.29 is 0 Å². The van der Waals surface area contributed by atoms with Crippen molar-refractivity contribution in [2.75, 3.05) is 4.90 Å². The molecule has 0 fully saturated rings. The number of hydrogen-bond donors (Lipinski definition) is 0. The minimum absolute atomic E-state index is 0.648. The Hall–Kier alpha value is -8.41. The van der Waals surface area contributed by atoms with Crippen molar-refractivity contribution >= 4 is 38.9 Å². The number of anilines is 3. The van der Waals surface area contributed by atoms with E-state index in [4.69, 9.17) is 15.0 Å². The van der Waals surface area contributed by atoms with Crippen molar-refractivity contribution in [2.45, 2.75) is 19.3 Å². The molecule has 0 aliphatic carbocycles. The molecule has 2 aromatic heterocycles. The lowest BCUT2D eigenvalue weighted by Gasteiger charge is -2.46. The van der Waals surface area contributed by atoms with Crippen LogP contribution in [-0.4, -0.2) is 19.5 Å². The third kappa shape index (κ3) is 6.11. The first kappa shape index (κ1) is 38.3. The van der Waals surface area contributed by atoms with E-state index in [1.165, 1.54) is 44.1 Å². The van der Waals surface area contributed by atoms with Crippen LogP contribution in [0.15, 0.2) is 224 Å². The first-order valence-corrected chi connectivity index (χ1v) is 22.2. The summed E-state index contributed by atoms with van der Waals surface area (Å²) in [7, 11) is 0. The zero-order chi connectivity index (χ0) is 43.5. The van der Waals surface area contributed by atoms with Gasteiger partial charge in [0.05, 0.1) is 27.8 Å². The molecule has 9 aromatic carbocycles. The highest BCUT2D eigenvalue weighted by molar-refractivity contribution is 6.10. The van der Waals surface area contributed by atoms with Crippen LogP contribution >= 0.6 is 0 Å². The van der Waals surface area contributed by atoms with Gasteiger partial charge in [0.1, 0.15) is 0 Å². The maximum absolute atomic E-state index is 5.12. The third-order valence-corrected chi connectivity index (χ3v) is 13.1. The molecule has 0 radical (unpaired) electrons. The van der Waals surface area contributed by atoms with E-state index in [0.717, 1.165) is 50.6 Å². The van der Waals surface area contributed by atoms with E-state index in [-0.39, 0.29) is 0 Å². The monoisotopic (exact) mass is 833 g/mol. The van der Waals surface area contributed by atoms with Crippen LogP contribution in [0.5, 0.6) is 0 Å². The summed E-state index contributed by atoms with van der Waals surface area (Å²) in [6, 6.07) is 80.6. The second-order valence-electron chi connectivity index (χ2n) is 16.9. The molecule has 0 amide bonds. The van der Waals surface area contributed by atoms with E-state index < -0.39 is 5.41 Å². The van der Waals surface area contributed by atoms with Crippen LogP contribution in [0.25, 0.3) is 61.7 Å². The van der Waals surface area contributed by atoms with Crippen LogP contribution in [0, 0.1) is 13.8 Å². The van der Waals surface area contributed by atoms with Crippen molar-refractivity contribution in [3.05, 3.63) is 258 Å². The molecule has 0 N–H and O–H groups in total. The predicted octanol–water partition coefficient (Wildman–Crippen LogP) is 14.8. The third-order valence-electron chi connectivity index (χ3n) is 13.1. The van der Waals surface area contributed by atoms with Gasteiger partial charge in [-0.1, -0.05) is 170 Å². The van der Waals surface area contributed by atoms with Crippen LogP contribution in [-0.2, 0) is 5.41 Å². The van der Waals surface area contributed by atoms with Gasteiger partial charge >= 0.3 is 0 Å². The Bertz CT molecular complexity index is 3460. The molecule has 1 aliphatic rings. The normalized spacial score (nSPS) is 12.9. The second-order valence-corrected chi connectivity index (χ2v) is 16.9. The summed E-state index contributed by atoms with van der Waals surface area (Å²) in [5.41, 5.74) is 16.2. The zero-order valence-electron chi connectivity index (χ0n) is 36.1. The summed E-state index contributed by atoms with van der Waals surface area (Å²) in [5, 5.41) is 2.45. The smallest absolute Gasteiger partial charge is 0.164 e. The molecule has 308 valence electrons. The van der Waals surface area contributed by atoms with Crippen molar-refractivity contribution in [3.8, 4) is 39.9 Å². The molecule has 0 atom stereocenters. The Labute approximate surface area is 378 Å². The highest BCUT2D eigenvalue weighted by atomic mass is 15.2. The molecule has 0 bridgehead atoms. The van der Waals surface area contributed by atoms with Gasteiger partial charge in [0.25, 0.3) is 0 Å². The van der Waals surface area contributed by atoms with E-state index >= 15 is 0 Å². The molecule has 0 saturated carbocycles. The largest absolute Gasteiger partial charge is 0.310 e. The lowest BCUT2D eigenvalue weighted by molar-refractivity contribution is 0.732. The molecule has 65 heavy (non-hydrogen) atoms. The van der Waals surface area contributed by atoms with Crippen molar-refractivity contribution in [1.82, 2.24) is 19.5 Å². The maximum atomic E-state index is 5.12. The van der Waals surface area contributed by atoms with Gasteiger partial charge in [-0.3, -0.25) is 0 Å². The number of fused-ring (bicyclic) bond motifs is 5. The van der Waals surface area contributed by atoms with Crippen molar-refractivity contribution in [1.29, 1.82) is 0 Å². The summed E-state index contributed by atoms with van der Waals surface area (Å²) in [4.78, 5) is 17.7. The molecule has 5 nitrogen and oxygen atoms in total. The Balaban J connectivity index is 1.07. The minimum Gasteiger partial charge on any atom is -0.310 e. The summed E-state index contributed by atoms with van der Waals surface area (Å²) in [5.74, 6) is 1.94. The number of aryl methyl sites for hydroxylation is 2. The van der Waals surface area contributed by atoms with Gasteiger partial charge in [-0.05, 0) is 102 Å². The molecule has 3 heterocycles. The van der Waals surface area contributed by atoms with Crippen LogP contribution in [0.3, 0.4) is 0 Å².